The molecule has 2 rings (SSSR count). The van der Waals surface area contributed by atoms with Crippen LogP contribution in [-0.4, -0.2) is 19.4 Å². The maximum atomic E-state index is 6.15. The SMILES string of the molecule is C=CCOc1c(I)cc(/C=N\NCc2c(Cl)cccc2Cl)cc1OCC. The summed E-state index contributed by atoms with van der Waals surface area (Å²) in [4.78, 5) is 0. The molecule has 0 saturated heterocycles. The maximum Gasteiger partial charge on any atom is 0.174 e. The Morgan fingerprint density at radius 2 is 1.96 bits per heavy atom. The van der Waals surface area contributed by atoms with E-state index in [0.29, 0.717) is 41.3 Å². The van der Waals surface area contributed by atoms with E-state index in [1.807, 2.05) is 25.1 Å². The number of hydrogen-bond donors (Lipinski definition) is 1. The molecule has 0 aliphatic heterocycles. The summed E-state index contributed by atoms with van der Waals surface area (Å²) in [5.41, 5.74) is 4.67. The van der Waals surface area contributed by atoms with E-state index >= 15 is 0 Å². The molecule has 0 aliphatic rings. The van der Waals surface area contributed by atoms with Crippen molar-refractivity contribution in [3.8, 4) is 11.5 Å². The molecular weight excluding hydrogens is 486 g/mol. The number of hydrogen-bond acceptors (Lipinski definition) is 4. The number of benzene rings is 2. The van der Waals surface area contributed by atoms with Crippen LogP contribution in [0.5, 0.6) is 11.5 Å². The normalized spacial score (nSPS) is 10.8. The minimum atomic E-state index is 0.420. The zero-order valence-corrected chi connectivity index (χ0v) is 17.9. The Hall–Kier alpha value is -1.44. The monoisotopic (exact) mass is 504 g/mol. The Morgan fingerprint density at radius 3 is 2.62 bits per heavy atom. The summed E-state index contributed by atoms with van der Waals surface area (Å²) in [7, 11) is 0. The van der Waals surface area contributed by atoms with Gasteiger partial charge in [0.2, 0.25) is 0 Å². The van der Waals surface area contributed by atoms with Crippen LogP contribution < -0.4 is 14.9 Å². The lowest BCUT2D eigenvalue weighted by Gasteiger charge is -2.13. The van der Waals surface area contributed by atoms with Crippen molar-refractivity contribution in [2.45, 2.75) is 13.5 Å². The second-order valence-electron chi connectivity index (χ2n) is 5.16. The molecule has 0 unspecified atom stereocenters. The number of halogens is 3. The van der Waals surface area contributed by atoms with Crippen molar-refractivity contribution in [3.05, 3.63) is 67.7 Å². The smallest absolute Gasteiger partial charge is 0.174 e. The van der Waals surface area contributed by atoms with Crippen LogP contribution in [0.25, 0.3) is 0 Å². The molecule has 138 valence electrons. The lowest BCUT2D eigenvalue weighted by Crippen LogP contribution is -2.07. The molecule has 0 heterocycles. The predicted octanol–water partition coefficient (Wildman–Crippen LogP) is 5.69. The molecule has 0 saturated carbocycles. The first-order valence-corrected chi connectivity index (χ1v) is 9.79. The molecule has 0 amide bonds. The van der Waals surface area contributed by atoms with Crippen molar-refractivity contribution in [1.29, 1.82) is 0 Å². The van der Waals surface area contributed by atoms with Gasteiger partial charge in [0, 0.05) is 15.6 Å². The number of nitrogens with one attached hydrogen (secondary N) is 1. The van der Waals surface area contributed by atoms with Gasteiger partial charge in [-0.25, -0.2) is 0 Å². The topological polar surface area (TPSA) is 42.8 Å². The molecule has 0 bridgehead atoms. The average Bonchev–Trinajstić information content (AvgIpc) is 2.60. The molecule has 26 heavy (non-hydrogen) atoms. The van der Waals surface area contributed by atoms with Crippen LogP contribution in [0.2, 0.25) is 10.0 Å². The second-order valence-corrected chi connectivity index (χ2v) is 7.13. The predicted molar refractivity (Wildman–Crippen MR) is 117 cm³/mol. The van der Waals surface area contributed by atoms with E-state index in [2.05, 4.69) is 39.7 Å². The molecule has 4 nitrogen and oxygen atoms in total. The minimum absolute atomic E-state index is 0.420. The van der Waals surface area contributed by atoms with Crippen LogP contribution >= 0.6 is 45.8 Å². The van der Waals surface area contributed by atoms with Gasteiger partial charge in [-0.1, -0.05) is 41.9 Å². The van der Waals surface area contributed by atoms with E-state index in [0.717, 1.165) is 14.7 Å². The lowest BCUT2D eigenvalue weighted by molar-refractivity contribution is 0.295. The highest BCUT2D eigenvalue weighted by atomic mass is 127. The van der Waals surface area contributed by atoms with Crippen LogP contribution in [0.15, 0.2) is 48.1 Å². The van der Waals surface area contributed by atoms with Gasteiger partial charge in [-0.05, 0) is 59.3 Å². The molecule has 0 fully saturated rings. The third-order valence-corrected chi connectivity index (χ3v) is 4.81. The highest BCUT2D eigenvalue weighted by Gasteiger charge is 2.11. The fourth-order valence-corrected chi connectivity index (χ4v) is 3.47. The van der Waals surface area contributed by atoms with Gasteiger partial charge in [0.15, 0.2) is 11.5 Å². The second kappa shape index (κ2) is 10.6. The van der Waals surface area contributed by atoms with E-state index in [9.17, 15) is 0 Å². The van der Waals surface area contributed by atoms with E-state index in [-0.39, 0.29) is 0 Å². The highest BCUT2D eigenvalue weighted by molar-refractivity contribution is 14.1. The molecule has 2 aromatic rings. The summed E-state index contributed by atoms with van der Waals surface area (Å²) >= 11 is 14.5. The molecule has 0 radical (unpaired) electrons. The Bertz CT molecular complexity index is 777. The summed E-state index contributed by atoms with van der Waals surface area (Å²) < 4.78 is 12.3. The van der Waals surface area contributed by atoms with Crippen LogP contribution in [0.1, 0.15) is 18.1 Å². The summed E-state index contributed by atoms with van der Waals surface area (Å²) in [6, 6.07) is 9.26. The van der Waals surface area contributed by atoms with Gasteiger partial charge in [0.1, 0.15) is 6.61 Å². The third kappa shape index (κ3) is 5.79. The number of nitrogens with zero attached hydrogens (tertiary/aromatic N) is 1. The molecule has 7 heteroatoms. The number of ether oxygens (including phenoxy) is 2. The largest absolute Gasteiger partial charge is 0.490 e. The highest BCUT2D eigenvalue weighted by Crippen LogP contribution is 2.34. The molecular formula is C19H19Cl2IN2O2. The van der Waals surface area contributed by atoms with Crippen molar-refractivity contribution in [1.82, 2.24) is 5.43 Å². The fraction of sp³-hybridized carbons (Fsp3) is 0.211. The molecule has 0 aliphatic carbocycles. The van der Waals surface area contributed by atoms with Gasteiger partial charge in [-0.2, -0.15) is 5.10 Å². The van der Waals surface area contributed by atoms with Crippen molar-refractivity contribution in [2.24, 2.45) is 5.10 Å². The van der Waals surface area contributed by atoms with Crippen LogP contribution in [-0.2, 0) is 6.54 Å². The first-order chi connectivity index (χ1) is 12.6. The van der Waals surface area contributed by atoms with Gasteiger partial charge in [0.05, 0.1) is 22.9 Å². The fourth-order valence-electron chi connectivity index (χ4n) is 2.15. The summed E-state index contributed by atoms with van der Waals surface area (Å²) in [5.74, 6) is 1.39. The summed E-state index contributed by atoms with van der Waals surface area (Å²) in [6.07, 6.45) is 3.41. The Balaban J connectivity index is 2.10. The molecule has 1 N–H and O–H groups in total. The quantitative estimate of drug-likeness (QED) is 0.206. The number of hydrazone groups is 1. The first kappa shape index (κ1) is 20.9. The summed E-state index contributed by atoms with van der Waals surface area (Å²) in [5, 5.41) is 5.46. The van der Waals surface area contributed by atoms with E-state index in [1.54, 1.807) is 24.4 Å². The molecule has 2 aromatic carbocycles. The Morgan fingerprint density at radius 1 is 1.23 bits per heavy atom. The van der Waals surface area contributed by atoms with Crippen LogP contribution in [0, 0.1) is 3.57 Å². The van der Waals surface area contributed by atoms with Gasteiger partial charge in [-0.15, -0.1) is 0 Å². The van der Waals surface area contributed by atoms with Crippen molar-refractivity contribution in [3.63, 3.8) is 0 Å². The third-order valence-electron chi connectivity index (χ3n) is 3.30. The Kier molecular flexibility index (Phi) is 8.54. The van der Waals surface area contributed by atoms with Crippen molar-refractivity contribution >= 4 is 52.0 Å². The molecule has 0 aromatic heterocycles. The Labute approximate surface area is 177 Å². The van der Waals surface area contributed by atoms with Crippen molar-refractivity contribution < 1.29 is 9.47 Å². The maximum absolute atomic E-state index is 6.15. The zero-order valence-electron chi connectivity index (χ0n) is 14.3. The first-order valence-electron chi connectivity index (χ1n) is 7.95. The lowest BCUT2D eigenvalue weighted by atomic mass is 10.2. The standard InChI is InChI=1S/C19H19Cl2IN2O2/c1-3-8-26-19-17(22)9-13(10-18(19)25-4-2)11-23-24-12-14-15(20)6-5-7-16(14)21/h3,5-7,9-11,24H,1,4,8,12H2,2H3/b23-11-. The van der Waals surface area contributed by atoms with Gasteiger partial charge < -0.3 is 14.9 Å². The average molecular weight is 505 g/mol. The van der Waals surface area contributed by atoms with Gasteiger partial charge in [0.25, 0.3) is 0 Å². The van der Waals surface area contributed by atoms with Gasteiger partial charge >= 0.3 is 0 Å². The zero-order chi connectivity index (χ0) is 18.9. The summed E-state index contributed by atoms with van der Waals surface area (Å²) in [6.45, 7) is 7.00. The minimum Gasteiger partial charge on any atom is -0.490 e. The van der Waals surface area contributed by atoms with Crippen LogP contribution in [0.4, 0.5) is 0 Å². The van der Waals surface area contributed by atoms with E-state index in [1.165, 1.54) is 0 Å². The van der Waals surface area contributed by atoms with E-state index < -0.39 is 0 Å². The van der Waals surface area contributed by atoms with Crippen LogP contribution in [0.3, 0.4) is 0 Å². The van der Waals surface area contributed by atoms with Gasteiger partial charge in [-0.3, -0.25) is 0 Å². The van der Waals surface area contributed by atoms with E-state index in [4.69, 9.17) is 32.7 Å². The number of rotatable bonds is 9. The molecule has 0 atom stereocenters. The van der Waals surface area contributed by atoms with Crippen molar-refractivity contribution in [2.75, 3.05) is 13.2 Å². The molecule has 0 spiro atoms.